The minimum Gasteiger partial charge on any atom is -0.310 e. The van der Waals surface area contributed by atoms with Crippen molar-refractivity contribution in [3.63, 3.8) is 0 Å². The SMILES string of the molecule is CCCNC(Cc1ccc(Br)s1)c1ccc(Cl)cc1. The predicted octanol–water partition coefficient (Wildman–Crippen LogP) is 5.45. The third kappa shape index (κ3) is 4.60. The number of hydrogen-bond acceptors (Lipinski definition) is 2. The number of nitrogens with one attached hydrogen (secondary N) is 1. The van der Waals surface area contributed by atoms with Gasteiger partial charge in [-0.1, -0.05) is 30.7 Å². The first-order valence-corrected chi connectivity index (χ1v) is 8.41. The molecule has 0 fully saturated rings. The Kier molecular flexibility index (Phi) is 5.89. The smallest absolute Gasteiger partial charge is 0.0701 e. The first-order valence-electron chi connectivity index (χ1n) is 6.42. The van der Waals surface area contributed by atoms with Crippen LogP contribution in [0.5, 0.6) is 0 Å². The number of hydrogen-bond donors (Lipinski definition) is 1. The lowest BCUT2D eigenvalue weighted by molar-refractivity contribution is 0.532. The van der Waals surface area contributed by atoms with Gasteiger partial charge in [-0.2, -0.15) is 0 Å². The molecule has 1 aromatic carbocycles. The van der Waals surface area contributed by atoms with Crippen molar-refractivity contribution in [2.75, 3.05) is 6.54 Å². The first kappa shape index (κ1) is 15.0. The minimum atomic E-state index is 0.350. The van der Waals surface area contributed by atoms with Gasteiger partial charge in [0.1, 0.15) is 0 Å². The van der Waals surface area contributed by atoms with E-state index in [0.29, 0.717) is 6.04 Å². The normalized spacial score (nSPS) is 12.6. The Morgan fingerprint density at radius 1 is 1.21 bits per heavy atom. The third-order valence-corrected chi connectivity index (χ3v) is 4.85. The lowest BCUT2D eigenvalue weighted by Gasteiger charge is -2.18. The average molecular weight is 359 g/mol. The molecule has 0 spiro atoms. The summed E-state index contributed by atoms with van der Waals surface area (Å²) in [5, 5.41) is 4.40. The minimum absolute atomic E-state index is 0.350. The van der Waals surface area contributed by atoms with Gasteiger partial charge in [-0.15, -0.1) is 11.3 Å². The van der Waals surface area contributed by atoms with E-state index in [1.807, 2.05) is 12.1 Å². The lowest BCUT2D eigenvalue weighted by atomic mass is 10.0. The van der Waals surface area contributed by atoms with E-state index in [1.165, 1.54) is 14.2 Å². The molecule has 1 unspecified atom stereocenters. The van der Waals surface area contributed by atoms with Crippen LogP contribution in [0.1, 0.15) is 29.8 Å². The molecule has 1 atom stereocenters. The van der Waals surface area contributed by atoms with E-state index in [9.17, 15) is 0 Å². The second-order valence-electron chi connectivity index (χ2n) is 4.47. The molecule has 19 heavy (non-hydrogen) atoms. The third-order valence-electron chi connectivity index (χ3n) is 2.95. The maximum Gasteiger partial charge on any atom is 0.0701 e. The van der Waals surface area contributed by atoms with Crippen LogP contribution in [0.25, 0.3) is 0 Å². The molecule has 102 valence electrons. The Hall–Kier alpha value is -0.350. The highest BCUT2D eigenvalue weighted by atomic mass is 79.9. The summed E-state index contributed by atoms with van der Waals surface area (Å²) in [6, 6.07) is 12.8. The second kappa shape index (κ2) is 7.44. The van der Waals surface area contributed by atoms with E-state index in [-0.39, 0.29) is 0 Å². The van der Waals surface area contributed by atoms with Crippen LogP contribution in [0.4, 0.5) is 0 Å². The van der Waals surface area contributed by atoms with Crippen molar-refractivity contribution in [3.8, 4) is 0 Å². The highest BCUT2D eigenvalue weighted by molar-refractivity contribution is 9.11. The van der Waals surface area contributed by atoms with Crippen LogP contribution >= 0.6 is 38.9 Å². The van der Waals surface area contributed by atoms with Gasteiger partial charge in [0.05, 0.1) is 3.79 Å². The number of thiophene rings is 1. The van der Waals surface area contributed by atoms with Gasteiger partial charge in [-0.25, -0.2) is 0 Å². The monoisotopic (exact) mass is 357 g/mol. The van der Waals surface area contributed by atoms with Gasteiger partial charge in [-0.3, -0.25) is 0 Å². The quantitative estimate of drug-likeness (QED) is 0.724. The van der Waals surface area contributed by atoms with Gasteiger partial charge in [0.15, 0.2) is 0 Å². The van der Waals surface area contributed by atoms with E-state index in [0.717, 1.165) is 24.4 Å². The Morgan fingerprint density at radius 2 is 1.95 bits per heavy atom. The van der Waals surface area contributed by atoms with Crippen molar-refractivity contribution >= 4 is 38.9 Å². The van der Waals surface area contributed by atoms with Crippen molar-refractivity contribution in [3.05, 3.63) is 55.6 Å². The van der Waals surface area contributed by atoms with E-state index >= 15 is 0 Å². The van der Waals surface area contributed by atoms with Crippen LogP contribution in [0.15, 0.2) is 40.2 Å². The summed E-state index contributed by atoms with van der Waals surface area (Å²) in [4.78, 5) is 1.38. The summed E-state index contributed by atoms with van der Waals surface area (Å²) < 4.78 is 1.19. The van der Waals surface area contributed by atoms with Crippen LogP contribution in [-0.2, 0) is 6.42 Å². The summed E-state index contributed by atoms with van der Waals surface area (Å²) in [5.41, 5.74) is 1.29. The van der Waals surface area contributed by atoms with Crippen molar-refractivity contribution in [1.82, 2.24) is 5.32 Å². The van der Waals surface area contributed by atoms with Crippen LogP contribution < -0.4 is 5.32 Å². The molecular formula is C15H17BrClNS. The maximum absolute atomic E-state index is 5.96. The van der Waals surface area contributed by atoms with Gasteiger partial charge < -0.3 is 5.32 Å². The first-order chi connectivity index (χ1) is 9.19. The van der Waals surface area contributed by atoms with Crippen LogP contribution in [0, 0.1) is 0 Å². The fraction of sp³-hybridized carbons (Fsp3) is 0.333. The van der Waals surface area contributed by atoms with Gasteiger partial charge in [0, 0.05) is 22.4 Å². The molecule has 1 nitrogen and oxygen atoms in total. The second-order valence-corrected chi connectivity index (χ2v) is 7.45. The molecule has 1 aromatic heterocycles. The van der Waals surface area contributed by atoms with E-state index in [1.54, 1.807) is 11.3 Å². The van der Waals surface area contributed by atoms with Crippen molar-refractivity contribution in [2.24, 2.45) is 0 Å². The van der Waals surface area contributed by atoms with Crippen molar-refractivity contribution in [2.45, 2.75) is 25.8 Å². The molecule has 2 aromatic rings. The van der Waals surface area contributed by atoms with Crippen molar-refractivity contribution in [1.29, 1.82) is 0 Å². The zero-order valence-corrected chi connectivity index (χ0v) is 14.0. The van der Waals surface area contributed by atoms with E-state index < -0.39 is 0 Å². The largest absolute Gasteiger partial charge is 0.310 e. The summed E-state index contributed by atoms with van der Waals surface area (Å²) >= 11 is 11.3. The highest BCUT2D eigenvalue weighted by Crippen LogP contribution is 2.27. The summed E-state index contributed by atoms with van der Waals surface area (Å²) in [7, 11) is 0. The molecular weight excluding hydrogens is 342 g/mol. The maximum atomic E-state index is 5.96. The summed E-state index contributed by atoms with van der Waals surface area (Å²) in [6.45, 7) is 3.22. The van der Waals surface area contributed by atoms with Crippen LogP contribution in [-0.4, -0.2) is 6.54 Å². The highest BCUT2D eigenvalue weighted by Gasteiger charge is 2.12. The summed E-state index contributed by atoms with van der Waals surface area (Å²) in [5.74, 6) is 0. The van der Waals surface area contributed by atoms with E-state index in [4.69, 9.17) is 11.6 Å². The zero-order valence-electron chi connectivity index (χ0n) is 10.8. The Bertz CT molecular complexity index is 509. The number of benzene rings is 1. The summed E-state index contributed by atoms with van der Waals surface area (Å²) in [6.07, 6.45) is 2.15. The van der Waals surface area contributed by atoms with Crippen LogP contribution in [0.2, 0.25) is 5.02 Å². The molecule has 4 heteroatoms. The van der Waals surface area contributed by atoms with Gasteiger partial charge >= 0.3 is 0 Å². The molecule has 0 aliphatic heterocycles. The number of halogens is 2. The van der Waals surface area contributed by atoms with Crippen LogP contribution in [0.3, 0.4) is 0 Å². The molecule has 1 N–H and O–H groups in total. The predicted molar refractivity (Wildman–Crippen MR) is 88.2 cm³/mol. The molecule has 0 aliphatic carbocycles. The molecule has 0 saturated carbocycles. The topological polar surface area (TPSA) is 12.0 Å². The standard InChI is InChI=1S/C15H17BrClNS/c1-2-9-18-14(10-13-7-8-15(16)19-13)11-3-5-12(17)6-4-11/h3-8,14,18H,2,9-10H2,1H3. The molecule has 1 heterocycles. The zero-order chi connectivity index (χ0) is 13.7. The van der Waals surface area contributed by atoms with Crippen molar-refractivity contribution < 1.29 is 0 Å². The molecule has 0 radical (unpaired) electrons. The van der Waals surface area contributed by atoms with Gasteiger partial charge in [-0.05, 0) is 58.7 Å². The Balaban J connectivity index is 2.13. The molecule has 0 amide bonds. The van der Waals surface area contributed by atoms with E-state index in [2.05, 4.69) is 52.4 Å². The molecule has 0 saturated heterocycles. The molecule has 0 aliphatic rings. The molecule has 2 rings (SSSR count). The fourth-order valence-corrected chi connectivity index (χ4v) is 3.64. The fourth-order valence-electron chi connectivity index (χ4n) is 1.98. The van der Waals surface area contributed by atoms with Gasteiger partial charge in [0.2, 0.25) is 0 Å². The molecule has 0 bridgehead atoms. The average Bonchev–Trinajstić information content (AvgIpc) is 2.81. The number of rotatable bonds is 6. The van der Waals surface area contributed by atoms with Gasteiger partial charge in [0.25, 0.3) is 0 Å². The Morgan fingerprint density at radius 3 is 2.53 bits per heavy atom. The lowest BCUT2D eigenvalue weighted by Crippen LogP contribution is -2.23. The Labute approximate surface area is 132 Å².